The maximum Gasteiger partial charge on any atom is 0.254 e. The summed E-state index contributed by atoms with van der Waals surface area (Å²) in [6.07, 6.45) is 1.96. The van der Waals surface area contributed by atoms with Gasteiger partial charge in [-0.25, -0.2) is 4.39 Å². The summed E-state index contributed by atoms with van der Waals surface area (Å²) in [6.45, 7) is 3.31. The normalized spacial score (nSPS) is 17.2. The van der Waals surface area contributed by atoms with Crippen molar-refractivity contribution in [3.05, 3.63) is 35.1 Å². The van der Waals surface area contributed by atoms with E-state index in [9.17, 15) is 9.18 Å². The van der Waals surface area contributed by atoms with Crippen LogP contribution < -0.4 is 0 Å². The Morgan fingerprint density at radius 1 is 1.41 bits per heavy atom. The van der Waals surface area contributed by atoms with E-state index in [0.29, 0.717) is 16.0 Å². The summed E-state index contributed by atoms with van der Waals surface area (Å²) in [5.41, 5.74) is 1.32. The Morgan fingerprint density at radius 3 is 2.65 bits per heavy atom. The number of benzene rings is 1. The molecule has 0 N–H and O–H groups in total. The number of hydrogen-bond acceptors (Lipinski definition) is 1. The van der Waals surface area contributed by atoms with Crippen LogP contribution in [0.3, 0.4) is 0 Å². The monoisotopic (exact) mass is 299 g/mol. The summed E-state index contributed by atoms with van der Waals surface area (Å²) in [5.74, 6) is -0.278. The third-order valence-electron chi connectivity index (χ3n) is 3.13. The number of piperidine rings is 1. The zero-order valence-electron chi connectivity index (χ0n) is 9.75. The van der Waals surface area contributed by atoms with Crippen LogP contribution in [0.5, 0.6) is 0 Å². The van der Waals surface area contributed by atoms with Crippen LogP contribution in [-0.4, -0.2) is 28.7 Å². The summed E-state index contributed by atoms with van der Waals surface area (Å²) in [5, 5.41) is 0. The number of carbonyl (C=O) groups excluding carboxylic acids is 1. The lowest BCUT2D eigenvalue weighted by Crippen LogP contribution is -2.38. The molecule has 1 saturated heterocycles. The molecule has 0 unspecified atom stereocenters. The number of nitrogens with zero attached hydrogens (tertiary/aromatic N) is 1. The highest BCUT2D eigenvalue weighted by Gasteiger charge is 2.23. The highest BCUT2D eigenvalue weighted by Crippen LogP contribution is 2.20. The molecule has 0 spiro atoms. The first-order chi connectivity index (χ1) is 8.08. The predicted molar refractivity (Wildman–Crippen MR) is 69.0 cm³/mol. The van der Waals surface area contributed by atoms with Crippen LogP contribution in [-0.2, 0) is 0 Å². The molecular weight excluding hydrogens is 285 g/mol. The molecule has 2 rings (SSSR count). The van der Waals surface area contributed by atoms with Crippen molar-refractivity contribution in [1.29, 1.82) is 0 Å². The maximum atomic E-state index is 13.0. The minimum absolute atomic E-state index is 0.0156. The molecule has 4 heteroatoms. The molecule has 1 aromatic carbocycles. The molecule has 1 fully saturated rings. The van der Waals surface area contributed by atoms with Gasteiger partial charge in [0.2, 0.25) is 0 Å². The Labute approximate surface area is 109 Å². The van der Waals surface area contributed by atoms with Crippen molar-refractivity contribution in [2.45, 2.75) is 24.6 Å². The fraction of sp³-hybridized carbons (Fsp3) is 0.462. The van der Waals surface area contributed by atoms with E-state index < -0.39 is 0 Å². The van der Waals surface area contributed by atoms with Crippen LogP contribution >= 0.6 is 15.9 Å². The van der Waals surface area contributed by atoms with Gasteiger partial charge in [-0.05, 0) is 43.5 Å². The second-order valence-electron chi connectivity index (χ2n) is 4.43. The lowest BCUT2D eigenvalue weighted by atomic mass is 10.1. The second-order valence-corrected chi connectivity index (χ2v) is 5.72. The zero-order valence-corrected chi connectivity index (χ0v) is 11.3. The van der Waals surface area contributed by atoms with E-state index in [4.69, 9.17) is 0 Å². The number of carbonyl (C=O) groups is 1. The quantitative estimate of drug-likeness (QED) is 0.730. The Bertz CT molecular complexity index is 427. The van der Waals surface area contributed by atoms with Gasteiger partial charge in [0.15, 0.2) is 0 Å². The van der Waals surface area contributed by atoms with Crippen LogP contribution in [0, 0.1) is 12.7 Å². The smallest absolute Gasteiger partial charge is 0.254 e. The third kappa shape index (κ3) is 2.86. The number of rotatable bonds is 1. The SMILES string of the molecule is Cc1cc(F)ccc1C(=O)N1CCC(Br)CC1. The lowest BCUT2D eigenvalue weighted by molar-refractivity contribution is 0.0727. The van der Waals surface area contributed by atoms with Crippen molar-refractivity contribution in [2.24, 2.45) is 0 Å². The molecule has 17 heavy (non-hydrogen) atoms. The molecule has 0 atom stereocenters. The van der Waals surface area contributed by atoms with E-state index in [1.807, 2.05) is 4.90 Å². The molecule has 1 aliphatic rings. The highest BCUT2D eigenvalue weighted by molar-refractivity contribution is 9.09. The fourth-order valence-corrected chi connectivity index (χ4v) is 2.50. The van der Waals surface area contributed by atoms with Crippen molar-refractivity contribution in [3.8, 4) is 0 Å². The van der Waals surface area contributed by atoms with Gasteiger partial charge in [-0.15, -0.1) is 0 Å². The largest absolute Gasteiger partial charge is 0.339 e. The molecule has 0 aromatic heterocycles. The number of aryl methyl sites for hydroxylation is 1. The lowest BCUT2D eigenvalue weighted by Gasteiger charge is -2.30. The molecule has 1 amide bonds. The van der Waals surface area contributed by atoms with Gasteiger partial charge < -0.3 is 4.90 Å². The van der Waals surface area contributed by atoms with Gasteiger partial charge in [0.1, 0.15) is 5.82 Å². The average molecular weight is 300 g/mol. The third-order valence-corrected chi connectivity index (χ3v) is 4.05. The van der Waals surface area contributed by atoms with E-state index in [1.54, 1.807) is 13.0 Å². The van der Waals surface area contributed by atoms with Gasteiger partial charge in [0.05, 0.1) is 0 Å². The summed E-state index contributed by atoms with van der Waals surface area (Å²) < 4.78 is 13.0. The van der Waals surface area contributed by atoms with Crippen LogP contribution in [0.1, 0.15) is 28.8 Å². The summed E-state index contributed by atoms with van der Waals surface area (Å²) in [7, 11) is 0. The molecule has 92 valence electrons. The second kappa shape index (κ2) is 5.17. The van der Waals surface area contributed by atoms with Gasteiger partial charge in [0.25, 0.3) is 5.91 Å². The molecule has 1 heterocycles. The Morgan fingerprint density at radius 2 is 2.06 bits per heavy atom. The number of amides is 1. The van der Waals surface area contributed by atoms with Crippen molar-refractivity contribution in [2.75, 3.05) is 13.1 Å². The van der Waals surface area contributed by atoms with E-state index >= 15 is 0 Å². The molecule has 2 nitrogen and oxygen atoms in total. The summed E-state index contributed by atoms with van der Waals surface area (Å²) in [4.78, 5) is 14.6. The molecular formula is C13H15BrFNO. The molecule has 1 aliphatic heterocycles. The number of alkyl halides is 1. The summed E-state index contributed by atoms with van der Waals surface area (Å²) in [6, 6.07) is 4.33. The predicted octanol–water partition coefficient (Wildman–Crippen LogP) is 3.13. The van der Waals surface area contributed by atoms with E-state index in [0.717, 1.165) is 25.9 Å². The van der Waals surface area contributed by atoms with Crippen LogP contribution in [0.2, 0.25) is 0 Å². The molecule has 0 bridgehead atoms. The average Bonchev–Trinajstić information content (AvgIpc) is 2.29. The first kappa shape index (κ1) is 12.6. The van der Waals surface area contributed by atoms with Crippen molar-refractivity contribution in [1.82, 2.24) is 4.90 Å². The zero-order chi connectivity index (χ0) is 12.4. The van der Waals surface area contributed by atoms with Crippen LogP contribution in [0.25, 0.3) is 0 Å². The first-order valence-electron chi connectivity index (χ1n) is 5.77. The first-order valence-corrected chi connectivity index (χ1v) is 6.69. The van der Waals surface area contributed by atoms with E-state index in [1.165, 1.54) is 12.1 Å². The van der Waals surface area contributed by atoms with Gasteiger partial charge in [0, 0.05) is 23.5 Å². The van der Waals surface area contributed by atoms with E-state index in [-0.39, 0.29) is 11.7 Å². The minimum atomic E-state index is -0.293. The number of hydrogen-bond donors (Lipinski definition) is 0. The number of likely N-dealkylation sites (tertiary alicyclic amines) is 1. The van der Waals surface area contributed by atoms with Gasteiger partial charge in [-0.2, -0.15) is 0 Å². The Balaban J connectivity index is 2.14. The minimum Gasteiger partial charge on any atom is -0.339 e. The van der Waals surface area contributed by atoms with Crippen molar-refractivity contribution < 1.29 is 9.18 Å². The standard InChI is InChI=1S/C13H15BrFNO/c1-9-8-11(15)2-3-12(9)13(17)16-6-4-10(14)5-7-16/h2-3,8,10H,4-7H2,1H3. The fourth-order valence-electron chi connectivity index (χ4n) is 2.09. The Hall–Kier alpha value is -0.900. The van der Waals surface area contributed by atoms with Gasteiger partial charge >= 0.3 is 0 Å². The molecule has 0 saturated carbocycles. The van der Waals surface area contributed by atoms with Gasteiger partial charge in [-0.3, -0.25) is 4.79 Å². The van der Waals surface area contributed by atoms with E-state index in [2.05, 4.69) is 15.9 Å². The van der Waals surface area contributed by atoms with Crippen molar-refractivity contribution >= 4 is 21.8 Å². The Kier molecular flexibility index (Phi) is 3.82. The van der Waals surface area contributed by atoms with Crippen molar-refractivity contribution in [3.63, 3.8) is 0 Å². The summed E-state index contributed by atoms with van der Waals surface area (Å²) >= 11 is 3.56. The maximum absolute atomic E-state index is 13.0. The number of halogens is 2. The molecule has 1 aromatic rings. The topological polar surface area (TPSA) is 20.3 Å². The molecule has 0 aliphatic carbocycles. The van der Waals surface area contributed by atoms with Crippen LogP contribution in [0.4, 0.5) is 4.39 Å². The highest BCUT2D eigenvalue weighted by atomic mass is 79.9. The molecule has 0 radical (unpaired) electrons. The van der Waals surface area contributed by atoms with Crippen LogP contribution in [0.15, 0.2) is 18.2 Å². The van der Waals surface area contributed by atoms with Gasteiger partial charge in [-0.1, -0.05) is 15.9 Å².